The monoisotopic (exact) mass is 430 g/mol. The van der Waals surface area contributed by atoms with Gasteiger partial charge in [0, 0.05) is 25.1 Å². The van der Waals surface area contributed by atoms with Crippen LogP contribution in [0.1, 0.15) is 16.8 Å². The van der Waals surface area contributed by atoms with Crippen LogP contribution in [0.4, 0.5) is 4.39 Å². The normalized spacial score (nSPS) is 17.9. The molecule has 0 spiro atoms. The van der Waals surface area contributed by atoms with Crippen LogP contribution in [-0.2, 0) is 14.3 Å². The number of hydrogen-bond donors (Lipinski definition) is 2. The quantitative estimate of drug-likeness (QED) is 0.666. The third-order valence-electron chi connectivity index (χ3n) is 4.96. The van der Waals surface area contributed by atoms with Crippen molar-refractivity contribution in [3.8, 4) is 11.5 Å². The maximum absolute atomic E-state index is 12.9. The van der Waals surface area contributed by atoms with E-state index in [1.165, 1.54) is 48.4 Å². The van der Waals surface area contributed by atoms with Crippen molar-refractivity contribution in [3.63, 3.8) is 0 Å². The molecule has 0 aromatic heterocycles. The van der Waals surface area contributed by atoms with Gasteiger partial charge in [-0.1, -0.05) is 0 Å². The van der Waals surface area contributed by atoms with E-state index >= 15 is 0 Å². The molecule has 2 N–H and O–H groups in total. The van der Waals surface area contributed by atoms with Crippen LogP contribution in [0.15, 0.2) is 48.5 Å². The first-order chi connectivity index (χ1) is 14.9. The van der Waals surface area contributed by atoms with Gasteiger partial charge in [-0.2, -0.15) is 0 Å². The Balaban J connectivity index is 1.54. The molecule has 0 radical (unpaired) electrons. The minimum atomic E-state index is -1.07. The van der Waals surface area contributed by atoms with Crippen LogP contribution in [0.3, 0.4) is 0 Å². The molecular weight excluding hydrogens is 407 g/mol. The molecule has 0 aliphatic carbocycles. The SMILES string of the molecule is COC[C@H]1C[C@@H](C(=O)O)N(C(=O)CNC(=O)c2ccc(Oc3ccc(F)cc3)cc2)C1. The molecule has 164 valence electrons. The van der Waals surface area contributed by atoms with Crippen molar-refractivity contribution < 1.29 is 33.4 Å². The number of aliphatic carboxylic acids is 1. The van der Waals surface area contributed by atoms with Gasteiger partial charge in [-0.05, 0) is 55.0 Å². The number of likely N-dealkylation sites (tertiary alicyclic amines) is 1. The number of carbonyl (C=O) groups is 3. The van der Waals surface area contributed by atoms with Crippen molar-refractivity contribution in [2.45, 2.75) is 12.5 Å². The van der Waals surface area contributed by atoms with Gasteiger partial charge in [-0.25, -0.2) is 9.18 Å². The van der Waals surface area contributed by atoms with Crippen molar-refractivity contribution in [2.24, 2.45) is 5.92 Å². The van der Waals surface area contributed by atoms with Gasteiger partial charge in [0.15, 0.2) is 0 Å². The van der Waals surface area contributed by atoms with Crippen molar-refractivity contribution in [3.05, 3.63) is 59.9 Å². The highest BCUT2D eigenvalue weighted by Crippen LogP contribution is 2.24. The van der Waals surface area contributed by atoms with Crippen LogP contribution in [0.2, 0.25) is 0 Å². The molecule has 0 saturated carbocycles. The predicted molar refractivity (Wildman–Crippen MR) is 108 cm³/mol. The molecule has 8 nitrogen and oxygen atoms in total. The fourth-order valence-electron chi connectivity index (χ4n) is 3.46. The zero-order valence-corrected chi connectivity index (χ0v) is 16.9. The summed E-state index contributed by atoms with van der Waals surface area (Å²) in [4.78, 5) is 37.6. The summed E-state index contributed by atoms with van der Waals surface area (Å²) in [5.41, 5.74) is 0.313. The van der Waals surface area contributed by atoms with E-state index in [9.17, 15) is 23.9 Å². The fourth-order valence-corrected chi connectivity index (χ4v) is 3.46. The fraction of sp³-hybridized carbons (Fsp3) is 0.318. The zero-order valence-electron chi connectivity index (χ0n) is 16.9. The number of halogens is 1. The minimum Gasteiger partial charge on any atom is -0.480 e. The second-order valence-corrected chi connectivity index (χ2v) is 7.22. The first-order valence-corrected chi connectivity index (χ1v) is 9.70. The highest BCUT2D eigenvalue weighted by atomic mass is 19.1. The summed E-state index contributed by atoms with van der Waals surface area (Å²) in [6, 6.07) is 10.8. The number of carboxylic acids is 1. The molecule has 1 fully saturated rings. The summed E-state index contributed by atoms with van der Waals surface area (Å²) >= 11 is 0. The highest BCUT2D eigenvalue weighted by molar-refractivity contribution is 5.97. The van der Waals surface area contributed by atoms with E-state index in [1.807, 2.05) is 0 Å². The summed E-state index contributed by atoms with van der Waals surface area (Å²) in [5.74, 6) is -1.52. The molecule has 2 aromatic carbocycles. The Hall–Kier alpha value is -3.46. The first kappa shape index (κ1) is 22.2. The maximum atomic E-state index is 12.9. The standard InChI is InChI=1S/C22H23FN2O6/c1-30-13-14-10-19(22(28)29)25(12-14)20(26)11-24-21(27)15-2-6-17(7-3-15)31-18-8-4-16(23)5-9-18/h2-9,14,19H,10-13H2,1H3,(H,24,27)(H,28,29)/t14-,19-/m0/s1. The molecule has 2 atom stereocenters. The van der Waals surface area contributed by atoms with E-state index < -0.39 is 23.8 Å². The van der Waals surface area contributed by atoms with Crippen molar-refractivity contribution >= 4 is 17.8 Å². The number of hydrogen-bond acceptors (Lipinski definition) is 5. The largest absolute Gasteiger partial charge is 0.480 e. The van der Waals surface area contributed by atoms with Gasteiger partial charge in [0.1, 0.15) is 23.4 Å². The Labute approximate surface area is 178 Å². The van der Waals surface area contributed by atoms with Gasteiger partial charge < -0.3 is 24.8 Å². The molecular formula is C22H23FN2O6. The molecule has 1 aliphatic heterocycles. The Morgan fingerprint density at radius 2 is 1.71 bits per heavy atom. The van der Waals surface area contributed by atoms with Gasteiger partial charge in [0.25, 0.3) is 5.91 Å². The second kappa shape index (κ2) is 10.0. The number of benzene rings is 2. The number of amides is 2. The predicted octanol–water partition coefficient (Wildman–Crippen LogP) is 2.30. The number of rotatable bonds is 8. The number of methoxy groups -OCH3 is 1. The molecule has 1 aliphatic rings. The number of carbonyl (C=O) groups excluding carboxylic acids is 2. The van der Waals surface area contributed by atoms with Gasteiger partial charge in [-0.3, -0.25) is 9.59 Å². The van der Waals surface area contributed by atoms with E-state index in [4.69, 9.17) is 9.47 Å². The average molecular weight is 430 g/mol. The molecule has 2 amide bonds. The molecule has 2 aromatic rings. The van der Waals surface area contributed by atoms with E-state index in [1.54, 1.807) is 12.1 Å². The van der Waals surface area contributed by atoms with Crippen LogP contribution < -0.4 is 10.1 Å². The van der Waals surface area contributed by atoms with Gasteiger partial charge in [0.2, 0.25) is 5.91 Å². The van der Waals surface area contributed by atoms with Gasteiger partial charge in [-0.15, -0.1) is 0 Å². The number of ether oxygens (including phenoxy) is 2. The van der Waals surface area contributed by atoms with Crippen molar-refractivity contribution in [1.29, 1.82) is 0 Å². The first-order valence-electron chi connectivity index (χ1n) is 9.70. The molecule has 31 heavy (non-hydrogen) atoms. The molecule has 1 heterocycles. The third-order valence-corrected chi connectivity index (χ3v) is 4.96. The smallest absolute Gasteiger partial charge is 0.326 e. The second-order valence-electron chi connectivity index (χ2n) is 7.22. The molecule has 3 rings (SSSR count). The lowest BCUT2D eigenvalue weighted by molar-refractivity contribution is -0.147. The highest BCUT2D eigenvalue weighted by Gasteiger charge is 2.39. The van der Waals surface area contributed by atoms with Crippen LogP contribution in [0.25, 0.3) is 0 Å². The van der Waals surface area contributed by atoms with Crippen LogP contribution in [0, 0.1) is 11.7 Å². The van der Waals surface area contributed by atoms with Crippen LogP contribution >= 0.6 is 0 Å². The molecule has 0 unspecified atom stereocenters. The molecule has 1 saturated heterocycles. The average Bonchev–Trinajstić information content (AvgIpc) is 3.19. The number of carboxylic acid groups (broad SMARTS) is 1. The lowest BCUT2D eigenvalue weighted by Crippen LogP contribution is -2.45. The van der Waals surface area contributed by atoms with Crippen molar-refractivity contribution in [1.82, 2.24) is 10.2 Å². The van der Waals surface area contributed by atoms with E-state index in [0.29, 0.717) is 30.1 Å². The summed E-state index contributed by atoms with van der Waals surface area (Å²) < 4.78 is 23.6. The maximum Gasteiger partial charge on any atom is 0.326 e. The summed E-state index contributed by atoms with van der Waals surface area (Å²) in [6.07, 6.45) is 0.318. The summed E-state index contributed by atoms with van der Waals surface area (Å²) in [5, 5.41) is 11.9. The topological polar surface area (TPSA) is 105 Å². The number of nitrogens with one attached hydrogen (secondary N) is 1. The Kier molecular flexibility index (Phi) is 7.19. The molecule has 0 bridgehead atoms. The minimum absolute atomic E-state index is 0.0561. The van der Waals surface area contributed by atoms with E-state index in [-0.39, 0.29) is 24.8 Å². The lowest BCUT2D eigenvalue weighted by atomic mass is 10.1. The van der Waals surface area contributed by atoms with Crippen LogP contribution in [0.5, 0.6) is 11.5 Å². The lowest BCUT2D eigenvalue weighted by Gasteiger charge is -2.21. The molecule has 9 heteroatoms. The Morgan fingerprint density at radius 3 is 2.29 bits per heavy atom. The van der Waals surface area contributed by atoms with Gasteiger partial charge in [0.05, 0.1) is 13.2 Å². The van der Waals surface area contributed by atoms with Gasteiger partial charge >= 0.3 is 5.97 Å². The zero-order chi connectivity index (χ0) is 22.4. The third kappa shape index (κ3) is 5.79. The summed E-state index contributed by atoms with van der Waals surface area (Å²) in [7, 11) is 1.52. The van der Waals surface area contributed by atoms with E-state index in [2.05, 4.69) is 5.32 Å². The Bertz CT molecular complexity index is 932. The van der Waals surface area contributed by atoms with E-state index in [0.717, 1.165) is 0 Å². The van der Waals surface area contributed by atoms with Crippen molar-refractivity contribution in [2.75, 3.05) is 26.8 Å². The summed E-state index contributed by atoms with van der Waals surface area (Å²) in [6.45, 7) is 0.331. The Morgan fingerprint density at radius 1 is 1.10 bits per heavy atom. The number of nitrogens with zero attached hydrogens (tertiary/aromatic N) is 1. The van der Waals surface area contributed by atoms with Crippen LogP contribution in [-0.4, -0.2) is 60.6 Å².